The number of rotatable bonds is 9. The summed E-state index contributed by atoms with van der Waals surface area (Å²) in [6.45, 7) is 8.87. The van der Waals surface area contributed by atoms with Gasteiger partial charge in [-0.15, -0.1) is 0 Å². The molecule has 0 aliphatic heterocycles. The Morgan fingerprint density at radius 1 is 1.37 bits per heavy atom. The minimum atomic E-state index is -0.227. The van der Waals surface area contributed by atoms with Gasteiger partial charge in [-0.05, 0) is 45.4 Å². The third-order valence-electron chi connectivity index (χ3n) is 2.76. The normalized spacial score (nSPS) is 12.4. The lowest BCUT2D eigenvalue weighted by molar-refractivity contribution is 0.143. The number of aryl methyl sites for hydroxylation is 1. The molecule has 1 atom stereocenters. The zero-order chi connectivity index (χ0) is 14.1. The van der Waals surface area contributed by atoms with E-state index in [-0.39, 0.29) is 11.9 Å². The number of hydrogen-bond acceptors (Lipinski definition) is 3. The standard InChI is InChI=1S/C15H24FNO2/c1-4-18-9-5-8-17-11-13(3)19-14-7-6-12(2)15(16)10-14/h6-7,10,13,17H,4-5,8-9,11H2,1-3H3. The number of nitrogens with one attached hydrogen (secondary N) is 1. The molecule has 0 radical (unpaired) electrons. The molecule has 3 nitrogen and oxygen atoms in total. The molecular formula is C15H24FNO2. The van der Waals surface area contributed by atoms with E-state index in [4.69, 9.17) is 9.47 Å². The Morgan fingerprint density at radius 3 is 2.84 bits per heavy atom. The lowest BCUT2D eigenvalue weighted by Gasteiger charge is -2.15. The maximum Gasteiger partial charge on any atom is 0.129 e. The summed E-state index contributed by atoms with van der Waals surface area (Å²) in [5.41, 5.74) is 0.633. The average molecular weight is 269 g/mol. The molecule has 0 bridgehead atoms. The summed E-state index contributed by atoms with van der Waals surface area (Å²) in [6.07, 6.45) is 0.994. The van der Waals surface area contributed by atoms with E-state index < -0.39 is 0 Å². The van der Waals surface area contributed by atoms with Gasteiger partial charge >= 0.3 is 0 Å². The van der Waals surface area contributed by atoms with Crippen LogP contribution in [0.4, 0.5) is 4.39 Å². The van der Waals surface area contributed by atoms with E-state index in [1.807, 2.05) is 13.8 Å². The Morgan fingerprint density at radius 2 is 2.16 bits per heavy atom. The van der Waals surface area contributed by atoms with Crippen molar-refractivity contribution in [3.8, 4) is 5.75 Å². The predicted octanol–water partition coefficient (Wildman–Crippen LogP) is 2.92. The Balaban J connectivity index is 2.19. The maximum atomic E-state index is 13.3. The highest BCUT2D eigenvalue weighted by molar-refractivity contribution is 5.28. The predicted molar refractivity (Wildman–Crippen MR) is 75.2 cm³/mol. The molecule has 0 fully saturated rings. The second-order valence-electron chi connectivity index (χ2n) is 4.59. The molecule has 1 unspecified atom stereocenters. The smallest absolute Gasteiger partial charge is 0.129 e. The van der Waals surface area contributed by atoms with Gasteiger partial charge in [0.05, 0.1) is 0 Å². The number of ether oxygens (including phenoxy) is 2. The van der Waals surface area contributed by atoms with Crippen molar-refractivity contribution in [1.82, 2.24) is 5.32 Å². The lowest BCUT2D eigenvalue weighted by Crippen LogP contribution is -2.30. The van der Waals surface area contributed by atoms with Crippen molar-refractivity contribution in [2.24, 2.45) is 0 Å². The van der Waals surface area contributed by atoms with Crippen LogP contribution in [0.1, 0.15) is 25.8 Å². The molecule has 1 aromatic rings. The lowest BCUT2D eigenvalue weighted by atomic mass is 10.2. The average Bonchev–Trinajstić information content (AvgIpc) is 2.38. The van der Waals surface area contributed by atoms with E-state index in [0.717, 1.165) is 32.7 Å². The minimum absolute atomic E-state index is 0.00852. The van der Waals surface area contributed by atoms with Crippen molar-refractivity contribution in [2.75, 3.05) is 26.3 Å². The molecular weight excluding hydrogens is 245 g/mol. The first-order valence-electron chi connectivity index (χ1n) is 6.84. The van der Waals surface area contributed by atoms with Crippen molar-refractivity contribution in [3.63, 3.8) is 0 Å². The van der Waals surface area contributed by atoms with Crippen LogP contribution in [0.25, 0.3) is 0 Å². The fourth-order valence-electron chi connectivity index (χ4n) is 1.67. The Bertz CT molecular complexity index is 371. The van der Waals surface area contributed by atoms with E-state index >= 15 is 0 Å². The summed E-state index contributed by atoms with van der Waals surface area (Å²) in [6, 6.07) is 4.96. The molecule has 0 aromatic heterocycles. The summed E-state index contributed by atoms with van der Waals surface area (Å²) in [4.78, 5) is 0. The van der Waals surface area contributed by atoms with Crippen LogP contribution in [0.5, 0.6) is 5.75 Å². The first kappa shape index (κ1) is 15.9. The van der Waals surface area contributed by atoms with Crippen molar-refractivity contribution < 1.29 is 13.9 Å². The molecule has 0 amide bonds. The van der Waals surface area contributed by atoms with Crippen LogP contribution < -0.4 is 10.1 Å². The first-order chi connectivity index (χ1) is 9.13. The SMILES string of the molecule is CCOCCCNCC(C)Oc1ccc(C)c(F)c1. The van der Waals surface area contributed by atoms with Gasteiger partial charge in [-0.1, -0.05) is 6.07 Å². The summed E-state index contributed by atoms with van der Waals surface area (Å²) < 4.78 is 24.2. The van der Waals surface area contributed by atoms with Gasteiger partial charge in [-0.2, -0.15) is 0 Å². The molecule has 0 aliphatic rings. The first-order valence-corrected chi connectivity index (χ1v) is 6.84. The largest absolute Gasteiger partial charge is 0.489 e. The van der Waals surface area contributed by atoms with Gasteiger partial charge in [0.15, 0.2) is 0 Å². The van der Waals surface area contributed by atoms with Gasteiger partial charge in [0.1, 0.15) is 17.7 Å². The minimum Gasteiger partial charge on any atom is -0.489 e. The van der Waals surface area contributed by atoms with Crippen molar-refractivity contribution in [3.05, 3.63) is 29.6 Å². The zero-order valence-electron chi connectivity index (χ0n) is 12.0. The highest BCUT2D eigenvalue weighted by atomic mass is 19.1. The van der Waals surface area contributed by atoms with Crippen molar-refractivity contribution in [2.45, 2.75) is 33.3 Å². The molecule has 4 heteroatoms. The van der Waals surface area contributed by atoms with E-state index in [1.165, 1.54) is 6.07 Å². The topological polar surface area (TPSA) is 30.5 Å². The summed E-state index contributed by atoms with van der Waals surface area (Å²) >= 11 is 0. The summed E-state index contributed by atoms with van der Waals surface area (Å²) in [5.74, 6) is 0.348. The van der Waals surface area contributed by atoms with Crippen molar-refractivity contribution >= 4 is 0 Å². The van der Waals surface area contributed by atoms with E-state index in [0.29, 0.717) is 11.3 Å². The molecule has 0 saturated heterocycles. The Hall–Kier alpha value is -1.13. The number of halogens is 1. The van der Waals surface area contributed by atoms with E-state index in [1.54, 1.807) is 19.1 Å². The molecule has 108 valence electrons. The van der Waals surface area contributed by atoms with E-state index in [9.17, 15) is 4.39 Å². The molecule has 19 heavy (non-hydrogen) atoms. The summed E-state index contributed by atoms with van der Waals surface area (Å²) in [5, 5.41) is 3.29. The molecule has 0 heterocycles. The quantitative estimate of drug-likeness (QED) is 0.699. The van der Waals surface area contributed by atoms with Crippen molar-refractivity contribution in [1.29, 1.82) is 0 Å². The highest BCUT2D eigenvalue weighted by Gasteiger charge is 2.05. The second kappa shape index (κ2) is 8.88. The van der Waals surface area contributed by atoms with Crippen LogP contribution in [-0.2, 0) is 4.74 Å². The van der Waals surface area contributed by atoms with Crippen LogP contribution in [0.3, 0.4) is 0 Å². The fourth-order valence-corrected chi connectivity index (χ4v) is 1.67. The zero-order valence-corrected chi connectivity index (χ0v) is 12.0. The Kier molecular flexibility index (Phi) is 7.45. The van der Waals surface area contributed by atoms with Gasteiger partial charge in [0, 0.05) is 25.8 Å². The van der Waals surface area contributed by atoms with Crippen LogP contribution in [0, 0.1) is 12.7 Å². The maximum absolute atomic E-state index is 13.3. The van der Waals surface area contributed by atoms with Gasteiger partial charge in [0.25, 0.3) is 0 Å². The molecule has 1 N–H and O–H groups in total. The second-order valence-corrected chi connectivity index (χ2v) is 4.59. The third-order valence-corrected chi connectivity index (χ3v) is 2.76. The molecule has 0 saturated carbocycles. The monoisotopic (exact) mass is 269 g/mol. The van der Waals surface area contributed by atoms with Gasteiger partial charge < -0.3 is 14.8 Å². The molecule has 0 aliphatic carbocycles. The van der Waals surface area contributed by atoms with Gasteiger partial charge in [-0.25, -0.2) is 4.39 Å². The van der Waals surface area contributed by atoms with Gasteiger partial charge in [-0.3, -0.25) is 0 Å². The fraction of sp³-hybridized carbons (Fsp3) is 0.600. The molecule has 0 spiro atoms. The number of benzene rings is 1. The Labute approximate surface area is 115 Å². The molecule has 1 aromatic carbocycles. The van der Waals surface area contributed by atoms with Gasteiger partial charge in [0.2, 0.25) is 0 Å². The van der Waals surface area contributed by atoms with E-state index in [2.05, 4.69) is 5.32 Å². The highest BCUT2D eigenvalue weighted by Crippen LogP contribution is 2.16. The van der Waals surface area contributed by atoms with Crippen LogP contribution in [0.15, 0.2) is 18.2 Å². The van der Waals surface area contributed by atoms with Crippen LogP contribution in [-0.4, -0.2) is 32.4 Å². The molecule has 1 rings (SSSR count). The summed E-state index contributed by atoms with van der Waals surface area (Å²) in [7, 11) is 0. The van der Waals surface area contributed by atoms with Crippen LogP contribution >= 0.6 is 0 Å². The van der Waals surface area contributed by atoms with Crippen LogP contribution in [0.2, 0.25) is 0 Å². The number of hydrogen-bond donors (Lipinski definition) is 1. The third kappa shape index (κ3) is 6.55.